The molecule has 0 unspecified atom stereocenters. The quantitative estimate of drug-likeness (QED) is 0.471. The minimum Gasteiger partial charge on any atom is -0.456 e. The van der Waals surface area contributed by atoms with Crippen molar-refractivity contribution >= 4 is 39.2 Å². The summed E-state index contributed by atoms with van der Waals surface area (Å²) in [5.41, 5.74) is 10.4. The molecule has 2 nitrogen and oxygen atoms in total. The van der Waals surface area contributed by atoms with Crippen molar-refractivity contribution < 1.29 is 4.42 Å². The Labute approximate surface area is 126 Å². The summed E-state index contributed by atoms with van der Waals surface area (Å²) < 4.78 is 5.84. The van der Waals surface area contributed by atoms with Crippen molar-refractivity contribution in [1.29, 1.82) is 0 Å². The average molecular weight is 294 g/mol. The molecule has 1 heterocycles. The van der Waals surface area contributed by atoms with Crippen molar-refractivity contribution in [3.05, 3.63) is 65.7 Å². The molecule has 0 saturated carbocycles. The van der Waals surface area contributed by atoms with E-state index in [-0.39, 0.29) is 0 Å². The smallest absolute Gasteiger partial charge is 0.135 e. The molecule has 0 saturated heterocycles. The largest absolute Gasteiger partial charge is 0.456 e. The van der Waals surface area contributed by atoms with Crippen LogP contribution >= 0.6 is 11.6 Å². The molecule has 0 aliphatic carbocycles. The highest BCUT2D eigenvalue weighted by Gasteiger charge is 2.08. The number of furan rings is 1. The molecule has 0 spiro atoms. The van der Waals surface area contributed by atoms with Gasteiger partial charge in [0.1, 0.15) is 11.2 Å². The Hall–Kier alpha value is -2.45. The maximum atomic E-state index is 5.98. The van der Waals surface area contributed by atoms with Gasteiger partial charge in [0.15, 0.2) is 0 Å². The molecular formula is C18H12ClNO. The van der Waals surface area contributed by atoms with Crippen LogP contribution in [-0.4, -0.2) is 0 Å². The van der Waals surface area contributed by atoms with E-state index in [9.17, 15) is 0 Å². The van der Waals surface area contributed by atoms with Gasteiger partial charge in [-0.1, -0.05) is 41.9 Å². The lowest BCUT2D eigenvalue weighted by Gasteiger charge is -2.04. The van der Waals surface area contributed by atoms with Crippen LogP contribution in [0.15, 0.2) is 65.1 Å². The summed E-state index contributed by atoms with van der Waals surface area (Å²) in [6.07, 6.45) is 0. The van der Waals surface area contributed by atoms with Crippen LogP contribution in [0.3, 0.4) is 0 Å². The molecule has 1 aromatic heterocycles. The predicted molar refractivity (Wildman–Crippen MR) is 88.6 cm³/mol. The third-order valence-electron chi connectivity index (χ3n) is 3.71. The van der Waals surface area contributed by atoms with Gasteiger partial charge in [0.25, 0.3) is 0 Å². The molecular weight excluding hydrogens is 282 g/mol. The molecule has 0 atom stereocenters. The maximum Gasteiger partial charge on any atom is 0.135 e. The topological polar surface area (TPSA) is 39.2 Å². The van der Waals surface area contributed by atoms with Crippen LogP contribution < -0.4 is 5.73 Å². The first-order chi connectivity index (χ1) is 10.2. The standard InChI is InChI=1S/C18H12ClNO/c19-15-7-5-12(10-16(15)20)11-6-8-18-14(9-11)13-3-1-2-4-17(13)21-18/h1-10H,20H2. The second kappa shape index (κ2) is 4.54. The number of hydrogen-bond acceptors (Lipinski definition) is 2. The zero-order chi connectivity index (χ0) is 14.4. The summed E-state index contributed by atoms with van der Waals surface area (Å²) in [6, 6.07) is 19.9. The number of fused-ring (bicyclic) bond motifs is 3. The van der Waals surface area contributed by atoms with Gasteiger partial charge in [-0.25, -0.2) is 0 Å². The number of rotatable bonds is 1. The minimum atomic E-state index is 0.577. The molecule has 0 bridgehead atoms. The fraction of sp³-hybridized carbons (Fsp3) is 0. The van der Waals surface area contributed by atoms with E-state index in [1.54, 1.807) is 0 Å². The minimum absolute atomic E-state index is 0.577. The maximum absolute atomic E-state index is 5.98. The first-order valence-corrected chi connectivity index (χ1v) is 7.07. The zero-order valence-corrected chi connectivity index (χ0v) is 11.9. The van der Waals surface area contributed by atoms with Gasteiger partial charge in [-0.3, -0.25) is 0 Å². The lowest BCUT2D eigenvalue weighted by Crippen LogP contribution is -1.87. The molecule has 102 valence electrons. The Morgan fingerprint density at radius 3 is 2.33 bits per heavy atom. The zero-order valence-electron chi connectivity index (χ0n) is 11.1. The molecule has 0 fully saturated rings. The van der Waals surface area contributed by atoms with Crippen LogP contribution in [0.1, 0.15) is 0 Å². The SMILES string of the molecule is Nc1cc(-c2ccc3oc4ccccc4c3c2)ccc1Cl. The Bertz CT molecular complexity index is 971. The Morgan fingerprint density at radius 2 is 1.48 bits per heavy atom. The molecule has 3 aromatic carbocycles. The van der Waals surface area contributed by atoms with E-state index in [4.69, 9.17) is 21.8 Å². The summed E-state index contributed by atoms with van der Waals surface area (Å²) in [5, 5.41) is 2.81. The van der Waals surface area contributed by atoms with Crippen LogP contribution in [0.4, 0.5) is 5.69 Å². The van der Waals surface area contributed by atoms with E-state index in [0.29, 0.717) is 10.7 Å². The summed E-state index contributed by atoms with van der Waals surface area (Å²) >= 11 is 5.98. The van der Waals surface area contributed by atoms with Gasteiger partial charge in [0.2, 0.25) is 0 Å². The fourth-order valence-electron chi connectivity index (χ4n) is 2.63. The van der Waals surface area contributed by atoms with E-state index in [1.165, 1.54) is 0 Å². The third-order valence-corrected chi connectivity index (χ3v) is 4.05. The van der Waals surface area contributed by atoms with Crippen molar-refractivity contribution in [2.45, 2.75) is 0 Å². The van der Waals surface area contributed by atoms with Gasteiger partial charge < -0.3 is 10.2 Å². The van der Waals surface area contributed by atoms with Gasteiger partial charge in [0, 0.05) is 10.8 Å². The molecule has 21 heavy (non-hydrogen) atoms. The van der Waals surface area contributed by atoms with E-state index in [1.807, 2.05) is 48.5 Å². The molecule has 3 heteroatoms. The van der Waals surface area contributed by atoms with Crippen molar-refractivity contribution in [3.8, 4) is 11.1 Å². The lowest BCUT2D eigenvalue weighted by atomic mass is 10.0. The Morgan fingerprint density at radius 1 is 0.762 bits per heavy atom. The monoisotopic (exact) mass is 293 g/mol. The van der Waals surface area contributed by atoms with E-state index >= 15 is 0 Å². The number of anilines is 1. The number of nitrogen functional groups attached to an aromatic ring is 1. The first-order valence-electron chi connectivity index (χ1n) is 6.69. The van der Waals surface area contributed by atoms with Gasteiger partial charge in [0.05, 0.1) is 10.7 Å². The van der Waals surface area contributed by atoms with E-state index < -0.39 is 0 Å². The number of halogens is 1. The highest BCUT2D eigenvalue weighted by molar-refractivity contribution is 6.33. The second-order valence-electron chi connectivity index (χ2n) is 5.05. The molecule has 0 aliphatic heterocycles. The van der Waals surface area contributed by atoms with Crippen LogP contribution in [0, 0.1) is 0 Å². The molecule has 4 rings (SSSR count). The van der Waals surface area contributed by atoms with E-state index in [2.05, 4.69) is 12.1 Å². The van der Waals surface area contributed by atoms with Crippen molar-refractivity contribution in [1.82, 2.24) is 0 Å². The molecule has 0 radical (unpaired) electrons. The molecule has 2 N–H and O–H groups in total. The van der Waals surface area contributed by atoms with Crippen molar-refractivity contribution in [2.24, 2.45) is 0 Å². The summed E-state index contributed by atoms with van der Waals surface area (Å²) in [4.78, 5) is 0. The Balaban J connectivity index is 1.97. The highest BCUT2D eigenvalue weighted by atomic mass is 35.5. The Kier molecular flexibility index (Phi) is 2.66. The highest BCUT2D eigenvalue weighted by Crippen LogP contribution is 2.33. The summed E-state index contributed by atoms with van der Waals surface area (Å²) in [7, 11) is 0. The number of nitrogens with two attached hydrogens (primary N) is 1. The van der Waals surface area contributed by atoms with Crippen LogP contribution in [0.25, 0.3) is 33.1 Å². The molecule has 0 aliphatic rings. The van der Waals surface area contributed by atoms with Gasteiger partial charge >= 0.3 is 0 Å². The summed E-state index contributed by atoms with van der Waals surface area (Å²) in [6.45, 7) is 0. The number of para-hydroxylation sites is 1. The number of benzene rings is 3. The van der Waals surface area contributed by atoms with Crippen LogP contribution in [0.2, 0.25) is 5.02 Å². The van der Waals surface area contributed by atoms with Gasteiger partial charge in [-0.2, -0.15) is 0 Å². The van der Waals surface area contributed by atoms with Crippen LogP contribution in [0.5, 0.6) is 0 Å². The summed E-state index contributed by atoms with van der Waals surface area (Å²) in [5.74, 6) is 0. The van der Waals surface area contributed by atoms with Crippen molar-refractivity contribution in [3.63, 3.8) is 0 Å². The van der Waals surface area contributed by atoms with Gasteiger partial charge in [-0.15, -0.1) is 0 Å². The first kappa shape index (κ1) is 12.3. The van der Waals surface area contributed by atoms with Gasteiger partial charge in [-0.05, 0) is 41.5 Å². The molecule has 0 amide bonds. The lowest BCUT2D eigenvalue weighted by molar-refractivity contribution is 0.669. The number of hydrogen-bond donors (Lipinski definition) is 1. The second-order valence-corrected chi connectivity index (χ2v) is 5.45. The normalized spacial score (nSPS) is 11.3. The predicted octanol–water partition coefficient (Wildman–Crippen LogP) is 5.49. The molecule has 4 aromatic rings. The van der Waals surface area contributed by atoms with Crippen LogP contribution in [-0.2, 0) is 0 Å². The average Bonchev–Trinajstić information content (AvgIpc) is 2.88. The van der Waals surface area contributed by atoms with E-state index in [0.717, 1.165) is 33.1 Å². The fourth-order valence-corrected chi connectivity index (χ4v) is 2.75. The van der Waals surface area contributed by atoms with Crippen molar-refractivity contribution in [2.75, 3.05) is 5.73 Å². The third kappa shape index (κ3) is 1.96.